The predicted molar refractivity (Wildman–Crippen MR) is 80.8 cm³/mol. The first-order valence-electron chi connectivity index (χ1n) is 6.22. The van der Waals surface area contributed by atoms with E-state index in [1.165, 1.54) is 12.1 Å². The molecule has 0 spiro atoms. The molecule has 106 valence electrons. The van der Waals surface area contributed by atoms with Gasteiger partial charge in [0.25, 0.3) is 5.91 Å². The zero-order chi connectivity index (χ0) is 15.0. The number of nitrogens with one attached hydrogen (secondary N) is 2. The number of carbonyl (C=O) groups is 2. The van der Waals surface area contributed by atoms with E-state index in [2.05, 4.69) is 26.6 Å². The van der Waals surface area contributed by atoms with Gasteiger partial charge in [0.05, 0.1) is 10.9 Å². The van der Waals surface area contributed by atoms with Gasteiger partial charge in [0.15, 0.2) is 0 Å². The molecule has 2 amide bonds. The lowest BCUT2D eigenvalue weighted by atomic mass is 10.1. The van der Waals surface area contributed by atoms with Gasteiger partial charge in [0, 0.05) is 16.9 Å². The first-order chi connectivity index (χ1) is 10.0. The molecule has 0 aromatic heterocycles. The zero-order valence-corrected chi connectivity index (χ0v) is 12.3. The fraction of sp³-hybridized carbons (Fsp3) is 0.0667. The molecular formula is C15H10BrFN2O2. The zero-order valence-electron chi connectivity index (χ0n) is 10.7. The summed E-state index contributed by atoms with van der Waals surface area (Å²) in [6, 6.07) is 9.35. The first kappa shape index (κ1) is 13.8. The van der Waals surface area contributed by atoms with Crippen LogP contribution >= 0.6 is 15.9 Å². The van der Waals surface area contributed by atoms with Crippen LogP contribution < -0.4 is 10.6 Å². The highest BCUT2D eigenvalue weighted by Gasteiger charge is 2.19. The van der Waals surface area contributed by atoms with E-state index >= 15 is 0 Å². The summed E-state index contributed by atoms with van der Waals surface area (Å²) in [6.45, 7) is 0. The van der Waals surface area contributed by atoms with Crippen molar-refractivity contribution in [2.45, 2.75) is 6.42 Å². The summed E-state index contributed by atoms with van der Waals surface area (Å²) in [5.41, 5.74) is 2.28. The number of amides is 2. The predicted octanol–water partition coefficient (Wildman–Crippen LogP) is 3.34. The van der Waals surface area contributed by atoms with Gasteiger partial charge < -0.3 is 10.6 Å². The Morgan fingerprint density at radius 3 is 2.81 bits per heavy atom. The van der Waals surface area contributed by atoms with Crippen LogP contribution in [0.1, 0.15) is 15.9 Å². The van der Waals surface area contributed by atoms with E-state index in [4.69, 9.17) is 0 Å². The smallest absolute Gasteiger partial charge is 0.255 e. The fourth-order valence-electron chi connectivity index (χ4n) is 2.13. The molecule has 21 heavy (non-hydrogen) atoms. The Morgan fingerprint density at radius 1 is 1.24 bits per heavy atom. The quantitative estimate of drug-likeness (QED) is 0.874. The number of anilines is 2. The molecule has 1 heterocycles. The molecule has 0 bridgehead atoms. The number of fused-ring (bicyclic) bond motifs is 1. The summed E-state index contributed by atoms with van der Waals surface area (Å²) in [5, 5.41) is 5.30. The number of carbonyl (C=O) groups excluding carboxylic acids is 2. The molecule has 0 unspecified atom stereocenters. The molecule has 0 atom stereocenters. The molecule has 0 saturated carbocycles. The lowest BCUT2D eigenvalue weighted by molar-refractivity contribution is -0.115. The second-order valence-corrected chi connectivity index (χ2v) is 5.53. The van der Waals surface area contributed by atoms with Gasteiger partial charge >= 0.3 is 0 Å². The van der Waals surface area contributed by atoms with Crippen LogP contribution in [0.5, 0.6) is 0 Å². The van der Waals surface area contributed by atoms with Gasteiger partial charge in [-0.3, -0.25) is 9.59 Å². The lowest BCUT2D eigenvalue weighted by Gasteiger charge is -2.07. The highest BCUT2D eigenvalue weighted by molar-refractivity contribution is 9.10. The van der Waals surface area contributed by atoms with E-state index in [0.717, 1.165) is 5.56 Å². The maximum absolute atomic E-state index is 13.4. The van der Waals surface area contributed by atoms with Gasteiger partial charge in [-0.2, -0.15) is 0 Å². The minimum absolute atomic E-state index is 0.0856. The monoisotopic (exact) mass is 348 g/mol. The Bertz CT molecular complexity index is 761. The van der Waals surface area contributed by atoms with Gasteiger partial charge in [-0.1, -0.05) is 6.07 Å². The van der Waals surface area contributed by atoms with Crippen LogP contribution in [0.3, 0.4) is 0 Å². The van der Waals surface area contributed by atoms with Crippen LogP contribution in [0.2, 0.25) is 0 Å². The largest absolute Gasteiger partial charge is 0.326 e. The normalized spacial score (nSPS) is 12.8. The number of hydrogen-bond donors (Lipinski definition) is 2. The van der Waals surface area contributed by atoms with Crippen LogP contribution in [-0.2, 0) is 11.2 Å². The summed E-state index contributed by atoms with van der Waals surface area (Å²) >= 11 is 3.05. The van der Waals surface area contributed by atoms with Crippen LogP contribution in [0.4, 0.5) is 15.8 Å². The minimum atomic E-state index is -0.450. The molecular weight excluding hydrogens is 339 g/mol. The Balaban J connectivity index is 1.81. The molecule has 3 rings (SSSR count). The summed E-state index contributed by atoms with van der Waals surface area (Å²) in [7, 11) is 0. The third-order valence-electron chi connectivity index (χ3n) is 3.17. The Labute approximate surface area is 128 Å². The van der Waals surface area contributed by atoms with Crippen molar-refractivity contribution in [1.29, 1.82) is 0 Å². The molecule has 0 fully saturated rings. The second kappa shape index (κ2) is 5.29. The van der Waals surface area contributed by atoms with Crippen LogP contribution in [0.15, 0.2) is 40.9 Å². The molecule has 6 heteroatoms. The second-order valence-electron chi connectivity index (χ2n) is 4.68. The number of rotatable bonds is 2. The molecule has 0 saturated heterocycles. The maximum Gasteiger partial charge on any atom is 0.255 e. The highest BCUT2D eigenvalue weighted by atomic mass is 79.9. The van der Waals surface area contributed by atoms with Crippen molar-refractivity contribution in [3.05, 3.63) is 57.8 Å². The van der Waals surface area contributed by atoms with Gasteiger partial charge in [0.2, 0.25) is 5.91 Å². The van der Waals surface area contributed by atoms with Crippen molar-refractivity contribution in [2.75, 3.05) is 10.6 Å². The van der Waals surface area contributed by atoms with Gasteiger partial charge in [-0.15, -0.1) is 0 Å². The van der Waals surface area contributed by atoms with Crippen molar-refractivity contribution in [3.63, 3.8) is 0 Å². The molecule has 0 radical (unpaired) electrons. The van der Waals surface area contributed by atoms with Gasteiger partial charge in [0.1, 0.15) is 5.82 Å². The highest BCUT2D eigenvalue weighted by Crippen LogP contribution is 2.25. The van der Waals surface area contributed by atoms with Crippen molar-refractivity contribution >= 4 is 39.1 Å². The molecule has 0 aliphatic carbocycles. The maximum atomic E-state index is 13.4. The lowest BCUT2D eigenvalue weighted by Crippen LogP contribution is -2.12. The molecule has 2 aromatic rings. The van der Waals surface area contributed by atoms with Gasteiger partial charge in [-0.05, 0) is 51.8 Å². The minimum Gasteiger partial charge on any atom is -0.326 e. The van der Waals surface area contributed by atoms with Crippen LogP contribution in [0, 0.1) is 5.82 Å². The topological polar surface area (TPSA) is 58.2 Å². The van der Waals surface area contributed by atoms with E-state index < -0.39 is 5.82 Å². The van der Waals surface area contributed by atoms with Crippen molar-refractivity contribution in [1.82, 2.24) is 0 Å². The third-order valence-corrected chi connectivity index (χ3v) is 3.82. The van der Waals surface area contributed by atoms with E-state index in [9.17, 15) is 14.0 Å². The summed E-state index contributed by atoms with van der Waals surface area (Å²) < 4.78 is 13.7. The van der Waals surface area contributed by atoms with E-state index in [1.807, 2.05) is 0 Å². The molecule has 4 nitrogen and oxygen atoms in total. The SMILES string of the molecule is O=C1Cc2ccc(C(=O)Nc3ccc(Br)c(F)c3)cc2N1. The Morgan fingerprint density at radius 2 is 2.05 bits per heavy atom. The van der Waals surface area contributed by atoms with Crippen molar-refractivity contribution in [3.8, 4) is 0 Å². The molecule has 2 aromatic carbocycles. The molecule has 1 aliphatic rings. The van der Waals surface area contributed by atoms with E-state index in [0.29, 0.717) is 27.8 Å². The Kier molecular flexibility index (Phi) is 3.47. The average molecular weight is 349 g/mol. The van der Waals surface area contributed by atoms with Crippen molar-refractivity contribution in [2.24, 2.45) is 0 Å². The summed E-state index contributed by atoms with van der Waals surface area (Å²) in [4.78, 5) is 23.4. The van der Waals surface area contributed by atoms with Crippen LogP contribution in [-0.4, -0.2) is 11.8 Å². The number of benzene rings is 2. The summed E-state index contributed by atoms with van der Waals surface area (Å²) in [5.74, 6) is -0.896. The Hall–Kier alpha value is -2.21. The first-order valence-corrected chi connectivity index (χ1v) is 7.01. The number of halogens is 2. The van der Waals surface area contributed by atoms with E-state index in [1.54, 1.807) is 24.3 Å². The fourth-order valence-corrected chi connectivity index (χ4v) is 2.38. The van der Waals surface area contributed by atoms with Gasteiger partial charge in [-0.25, -0.2) is 4.39 Å². The van der Waals surface area contributed by atoms with Crippen molar-refractivity contribution < 1.29 is 14.0 Å². The van der Waals surface area contributed by atoms with Crippen LogP contribution in [0.25, 0.3) is 0 Å². The molecule has 2 N–H and O–H groups in total. The van der Waals surface area contributed by atoms with E-state index in [-0.39, 0.29) is 11.8 Å². The number of hydrogen-bond acceptors (Lipinski definition) is 2. The third kappa shape index (κ3) is 2.80. The standard InChI is InChI=1S/C15H10BrFN2O2/c16-11-4-3-10(7-12(11)17)18-15(21)9-2-1-8-6-14(20)19-13(8)5-9/h1-5,7H,6H2,(H,18,21)(H,19,20). The molecule has 1 aliphatic heterocycles. The average Bonchev–Trinajstić information content (AvgIpc) is 2.82. The summed E-state index contributed by atoms with van der Waals surface area (Å²) in [6.07, 6.45) is 0.329.